The van der Waals surface area contributed by atoms with E-state index >= 15 is 0 Å². The van der Waals surface area contributed by atoms with Crippen LogP contribution in [0.2, 0.25) is 0 Å². The molecular weight excluding hydrogens is 258 g/mol. The monoisotopic (exact) mass is 275 g/mol. The van der Waals surface area contributed by atoms with E-state index in [1.807, 2.05) is 37.0 Å². The van der Waals surface area contributed by atoms with Gasteiger partial charge in [-0.1, -0.05) is 18.3 Å². The highest BCUT2D eigenvalue weighted by atomic mass is 32.1. The number of imidazole rings is 1. The van der Waals surface area contributed by atoms with Crippen molar-refractivity contribution in [3.05, 3.63) is 47.8 Å². The number of nitrogens with zero attached hydrogens (tertiary/aromatic N) is 4. The lowest BCUT2D eigenvalue weighted by molar-refractivity contribution is 0.306. The van der Waals surface area contributed by atoms with Gasteiger partial charge in [-0.3, -0.25) is 9.88 Å². The average molecular weight is 275 g/mol. The highest BCUT2D eigenvalue weighted by molar-refractivity contribution is 7.80. The van der Waals surface area contributed by atoms with Gasteiger partial charge >= 0.3 is 0 Å². The fraction of sp³-hybridized carbons (Fsp3) is 0.308. The molecule has 0 bridgehead atoms. The van der Waals surface area contributed by atoms with E-state index in [-0.39, 0.29) is 0 Å². The third-order valence-electron chi connectivity index (χ3n) is 2.90. The third-order valence-corrected chi connectivity index (χ3v) is 3.09. The molecule has 5 nitrogen and oxygen atoms in total. The summed E-state index contributed by atoms with van der Waals surface area (Å²) in [5, 5.41) is 0. The van der Waals surface area contributed by atoms with Crippen molar-refractivity contribution in [2.45, 2.75) is 13.1 Å². The average Bonchev–Trinajstić information content (AvgIpc) is 2.75. The van der Waals surface area contributed by atoms with Crippen molar-refractivity contribution in [3.63, 3.8) is 0 Å². The van der Waals surface area contributed by atoms with Gasteiger partial charge in [0.05, 0.1) is 6.54 Å². The molecule has 0 fully saturated rings. The van der Waals surface area contributed by atoms with Crippen LogP contribution in [0, 0.1) is 0 Å². The zero-order valence-corrected chi connectivity index (χ0v) is 11.9. The standard InChI is InChI=1S/C13H17N5S/c1-17(9-11-15-6-7-18(11)2)8-10-4-3-5-16-12(10)13(14)19/h3-7H,8-9H2,1-2H3,(H2,14,19). The quantitative estimate of drug-likeness (QED) is 0.828. The summed E-state index contributed by atoms with van der Waals surface area (Å²) in [5.41, 5.74) is 7.42. The van der Waals surface area contributed by atoms with E-state index < -0.39 is 0 Å². The van der Waals surface area contributed by atoms with E-state index in [1.165, 1.54) is 0 Å². The molecule has 0 aliphatic heterocycles. The Hall–Kier alpha value is -1.79. The second-order valence-electron chi connectivity index (χ2n) is 4.50. The molecule has 100 valence electrons. The van der Waals surface area contributed by atoms with Crippen LogP contribution in [0.15, 0.2) is 30.7 Å². The van der Waals surface area contributed by atoms with Gasteiger partial charge in [0.25, 0.3) is 0 Å². The summed E-state index contributed by atoms with van der Waals surface area (Å²) in [6.07, 6.45) is 5.44. The van der Waals surface area contributed by atoms with Gasteiger partial charge < -0.3 is 10.3 Å². The molecule has 2 rings (SSSR count). The lowest BCUT2D eigenvalue weighted by atomic mass is 10.2. The van der Waals surface area contributed by atoms with Crippen molar-refractivity contribution >= 4 is 17.2 Å². The van der Waals surface area contributed by atoms with Crippen LogP contribution in [0.5, 0.6) is 0 Å². The molecule has 0 radical (unpaired) electrons. The maximum absolute atomic E-state index is 5.68. The molecular formula is C13H17N5S. The van der Waals surface area contributed by atoms with Gasteiger partial charge in [0, 0.05) is 32.2 Å². The van der Waals surface area contributed by atoms with Crippen LogP contribution in [0.25, 0.3) is 0 Å². The molecule has 0 saturated heterocycles. The molecule has 0 atom stereocenters. The van der Waals surface area contributed by atoms with Crippen LogP contribution in [-0.2, 0) is 20.1 Å². The Bertz CT molecular complexity index is 578. The fourth-order valence-electron chi connectivity index (χ4n) is 1.93. The first-order chi connectivity index (χ1) is 9.08. The molecule has 2 aromatic heterocycles. The van der Waals surface area contributed by atoms with Gasteiger partial charge in [0.2, 0.25) is 0 Å². The Labute approximate surface area is 118 Å². The first-order valence-corrected chi connectivity index (χ1v) is 6.37. The van der Waals surface area contributed by atoms with Crippen molar-refractivity contribution < 1.29 is 0 Å². The minimum absolute atomic E-state index is 0.334. The number of hydrogen-bond donors (Lipinski definition) is 1. The summed E-state index contributed by atoms with van der Waals surface area (Å²) in [5.74, 6) is 1.02. The molecule has 0 aliphatic rings. The SMILES string of the molecule is CN(Cc1cccnc1C(N)=S)Cc1nccn1C. The van der Waals surface area contributed by atoms with Crippen LogP contribution < -0.4 is 5.73 Å². The summed E-state index contributed by atoms with van der Waals surface area (Å²) in [6.45, 7) is 1.49. The van der Waals surface area contributed by atoms with Crippen LogP contribution in [-0.4, -0.2) is 31.5 Å². The minimum Gasteiger partial charge on any atom is -0.388 e. The van der Waals surface area contributed by atoms with Gasteiger partial charge in [-0.15, -0.1) is 0 Å². The lowest BCUT2D eigenvalue weighted by Gasteiger charge is -2.17. The minimum atomic E-state index is 0.334. The molecule has 0 aliphatic carbocycles. The first-order valence-electron chi connectivity index (χ1n) is 5.96. The maximum Gasteiger partial charge on any atom is 0.123 e. The van der Waals surface area contributed by atoms with E-state index in [4.69, 9.17) is 18.0 Å². The summed E-state index contributed by atoms with van der Waals surface area (Å²) < 4.78 is 2.01. The fourth-order valence-corrected chi connectivity index (χ4v) is 2.11. The van der Waals surface area contributed by atoms with Crippen molar-refractivity contribution in [1.29, 1.82) is 0 Å². The molecule has 6 heteroatoms. The predicted octanol–water partition coefficient (Wildman–Crippen LogP) is 1.08. The van der Waals surface area contributed by atoms with Crippen molar-refractivity contribution in [3.8, 4) is 0 Å². The van der Waals surface area contributed by atoms with Crippen LogP contribution in [0.4, 0.5) is 0 Å². The topological polar surface area (TPSA) is 60.0 Å². The van der Waals surface area contributed by atoms with Gasteiger partial charge in [-0.2, -0.15) is 0 Å². The zero-order valence-electron chi connectivity index (χ0n) is 11.1. The Morgan fingerprint density at radius 2 is 2.16 bits per heavy atom. The summed E-state index contributed by atoms with van der Waals surface area (Å²) in [4.78, 5) is 11.0. The Morgan fingerprint density at radius 1 is 1.37 bits per heavy atom. The van der Waals surface area contributed by atoms with Gasteiger partial charge in [-0.05, 0) is 18.7 Å². The number of thiocarbonyl (C=S) groups is 1. The molecule has 0 unspecified atom stereocenters. The Morgan fingerprint density at radius 3 is 2.79 bits per heavy atom. The normalized spacial score (nSPS) is 10.9. The second-order valence-corrected chi connectivity index (χ2v) is 4.94. The third kappa shape index (κ3) is 3.36. The molecule has 19 heavy (non-hydrogen) atoms. The smallest absolute Gasteiger partial charge is 0.123 e. The van der Waals surface area contributed by atoms with E-state index in [1.54, 1.807) is 12.4 Å². The first kappa shape index (κ1) is 13.6. The predicted molar refractivity (Wildman–Crippen MR) is 78.5 cm³/mol. The molecule has 0 aromatic carbocycles. The van der Waals surface area contributed by atoms with Crippen molar-refractivity contribution in [2.75, 3.05) is 7.05 Å². The van der Waals surface area contributed by atoms with Crippen LogP contribution in [0.1, 0.15) is 17.1 Å². The van der Waals surface area contributed by atoms with Gasteiger partial charge in [0.15, 0.2) is 0 Å². The Balaban J connectivity index is 2.09. The van der Waals surface area contributed by atoms with E-state index in [0.29, 0.717) is 10.7 Å². The number of hydrogen-bond acceptors (Lipinski definition) is 4. The van der Waals surface area contributed by atoms with Crippen LogP contribution >= 0.6 is 12.2 Å². The van der Waals surface area contributed by atoms with E-state index in [0.717, 1.165) is 24.5 Å². The van der Waals surface area contributed by atoms with Gasteiger partial charge in [-0.25, -0.2) is 4.98 Å². The van der Waals surface area contributed by atoms with E-state index in [9.17, 15) is 0 Å². The molecule has 0 amide bonds. The number of rotatable bonds is 5. The Kier molecular flexibility index (Phi) is 4.24. The number of aromatic nitrogens is 3. The van der Waals surface area contributed by atoms with Gasteiger partial charge in [0.1, 0.15) is 16.5 Å². The highest BCUT2D eigenvalue weighted by Crippen LogP contribution is 2.10. The van der Waals surface area contributed by atoms with E-state index in [2.05, 4.69) is 14.9 Å². The van der Waals surface area contributed by atoms with Crippen LogP contribution in [0.3, 0.4) is 0 Å². The lowest BCUT2D eigenvalue weighted by Crippen LogP contribution is -2.22. The maximum atomic E-state index is 5.68. The number of pyridine rings is 1. The highest BCUT2D eigenvalue weighted by Gasteiger charge is 2.10. The number of aryl methyl sites for hydroxylation is 1. The second kappa shape index (κ2) is 5.90. The summed E-state index contributed by atoms with van der Waals surface area (Å²) in [7, 11) is 4.02. The van der Waals surface area contributed by atoms with Crippen molar-refractivity contribution in [2.24, 2.45) is 12.8 Å². The molecule has 2 heterocycles. The molecule has 2 N–H and O–H groups in total. The zero-order chi connectivity index (χ0) is 13.8. The largest absolute Gasteiger partial charge is 0.388 e. The summed E-state index contributed by atoms with van der Waals surface area (Å²) in [6, 6.07) is 3.89. The summed E-state index contributed by atoms with van der Waals surface area (Å²) >= 11 is 5.02. The molecule has 2 aromatic rings. The molecule has 0 spiro atoms. The van der Waals surface area contributed by atoms with Crippen molar-refractivity contribution in [1.82, 2.24) is 19.4 Å². The number of nitrogens with two attached hydrogens (primary N) is 1. The molecule has 0 saturated carbocycles.